The molecule has 0 radical (unpaired) electrons. The Bertz CT molecular complexity index is 401. The fourth-order valence-corrected chi connectivity index (χ4v) is 6.57. The van der Waals surface area contributed by atoms with Gasteiger partial charge in [0.2, 0.25) is 0 Å². The van der Waals surface area contributed by atoms with Crippen LogP contribution in [0.5, 0.6) is 0 Å². The Kier molecular flexibility index (Phi) is 25.8. The smallest absolute Gasteiger partial charge is 0.171 e. The van der Waals surface area contributed by atoms with Crippen molar-refractivity contribution < 1.29 is 26.3 Å². The molecule has 0 nitrogen and oxygen atoms in total. The summed E-state index contributed by atoms with van der Waals surface area (Å²) in [5.74, 6) is 2.47. The molecule has 218 valence electrons. The van der Waals surface area contributed by atoms with Crippen molar-refractivity contribution in [2.24, 2.45) is 0 Å². The third-order valence-electron chi connectivity index (χ3n) is 6.46. The molecule has 0 amide bonds. The van der Waals surface area contributed by atoms with E-state index < -0.39 is 25.2 Å². The van der Waals surface area contributed by atoms with Gasteiger partial charge in [-0.1, -0.05) is 137 Å². The van der Waals surface area contributed by atoms with Crippen LogP contribution in [0.2, 0.25) is 0 Å². The molecule has 0 spiro atoms. The Morgan fingerprint density at radius 2 is 0.472 bits per heavy atom. The van der Waals surface area contributed by atoms with E-state index in [0.29, 0.717) is 12.8 Å². The molecule has 0 aliphatic rings. The van der Waals surface area contributed by atoms with Crippen LogP contribution in [0.1, 0.15) is 154 Å². The second-order valence-corrected chi connectivity index (χ2v) is 12.9. The number of alkyl halides is 6. The van der Waals surface area contributed by atoms with Gasteiger partial charge in [0.05, 0.1) is 0 Å². The monoisotopic (exact) mass is 566 g/mol. The van der Waals surface area contributed by atoms with E-state index >= 15 is 0 Å². The zero-order valence-corrected chi connectivity index (χ0v) is 24.1. The van der Waals surface area contributed by atoms with Gasteiger partial charge in [0.25, 0.3) is 0 Å². The van der Waals surface area contributed by atoms with Gasteiger partial charge in [-0.15, -0.1) is 0 Å². The minimum absolute atomic E-state index is 0.282. The van der Waals surface area contributed by atoms with E-state index in [-0.39, 0.29) is 12.8 Å². The number of rotatable bonds is 27. The first-order valence-corrected chi connectivity index (χ1v) is 17.1. The van der Waals surface area contributed by atoms with E-state index in [1.165, 1.54) is 88.6 Å². The van der Waals surface area contributed by atoms with Crippen molar-refractivity contribution in [3.63, 3.8) is 0 Å². The van der Waals surface area contributed by atoms with Crippen molar-refractivity contribution in [3.8, 4) is 0 Å². The Hall–Kier alpha value is 0.280. The summed E-state index contributed by atoms with van der Waals surface area (Å²) in [6.07, 6.45) is 14.4. The van der Waals surface area contributed by atoms with Crippen molar-refractivity contribution in [1.29, 1.82) is 0 Å². The van der Waals surface area contributed by atoms with Crippen LogP contribution in [0.25, 0.3) is 0 Å². The fraction of sp³-hybridized carbons (Fsp3) is 1.00. The van der Waals surface area contributed by atoms with Crippen molar-refractivity contribution in [3.05, 3.63) is 0 Å². The molecular weight excluding hydrogens is 514 g/mol. The second-order valence-electron chi connectivity index (χ2n) is 10.2. The average Bonchev–Trinajstić information content (AvgIpc) is 2.79. The van der Waals surface area contributed by atoms with Gasteiger partial charge in [-0.2, -0.15) is 26.3 Å². The molecule has 0 aromatic rings. The summed E-state index contributed by atoms with van der Waals surface area (Å²) in [4.78, 5) is 0. The van der Waals surface area contributed by atoms with Crippen molar-refractivity contribution in [2.45, 2.75) is 166 Å². The first-order valence-electron chi connectivity index (χ1n) is 14.6. The maximum absolute atomic E-state index is 12.0. The number of hydrogen-bond donors (Lipinski definition) is 0. The highest BCUT2D eigenvalue weighted by Crippen LogP contribution is 2.26. The molecule has 0 atom stereocenters. The molecule has 0 rings (SSSR count). The predicted molar refractivity (Wildman–Crippen MR) is 148 cm³/mol. The van der Waals surface area contributed by atoms with Crippen molar-refractivity contribution >= 4 is 21.6 Å². The highest BCUT2D eigenvalue weighted by atomic mass is 33.1. The van der Waals surface area contributed by atoms with E-state index in [4.69, 9.17) is 0 Å². The van der Waals surface area contributed by atoms with Crippen LogP contribution in [0.4, 0.5) is 26.3 Å². The topological polar surface area (TPSA) is 0 Å². The number of hydrogen-bond acceptors (Lipinski definition) is 2. The first kappa shape index (κ1) is 36.3. The Morgan fingerprint density at radius 3 is 0.694 bits per heavy atom. The summed E-state index contributed by atoms with van der Waals surface area (Å²) in [5, 5.41) is 0. The average molecular weight is 567 g/mol. The van der Waals surface area contributed by atoms with Gasteiger partial charge in [0, 0.05) is 24.3 Å². The molecule has 8 heteroatoms. The summed E-state index contributed by atoms with van der Waals surface area (Å²) >= 11 is 0. The molecule has 0 aliphatic heterocycles. The lowest BCUT2D eigenvalue weighted by Gasteiger charge is -2.06. The highest BCUT2D eigenvalue weighted by Gasteiger charge is 2.26. The molecular formula is C28H52F6S2. The highest BCUT2D eigenvalue weighted by molar-refractivity contribution is 8.76. The second kappa shape index (κ2) is 25.6. The van der Waals surface area contributed by atoms with Gasteiger partial charge in [0.1, 0.15) is 0 Å². The van der Waals surface area contributed by atoms with Crippen LogP contribution in [0, 0.1) is 0 Å². The zero-order valence-electron chi connectivity index (χ0n) is 22.5. The van der Waals surface area contributed by atoms with Gasteiger partial charge in [-0.3, -0.25) is 0 Å². The summed E-state index contributed by atoms with van der Waals surface area (Å²) in [7, 11) is 4.01. The third-order valence-corrected chi connectivity index (χ3v) is 9.04. The normalized spacial score (nSPS) is 12.5. The molecule has 0 aliphatic carbocycles. The lowest BCUT2D eigenvalue weighted by molar-refractivity contribution is -0.136. The summed E-state index contributed by atoms with van der Waals surface area (Å²) in [6.45, 7) is 0. The Balaban J connectivity index is 3.07. The first-order chi connectivity index (χ1) is 17.2. The minimum atomic E-state index is -3.99. The standard InChI is InChI=1S/C28H52F6S2/c29-27(30,31)23-19-15-11-7-3-1-5-9-13-17-21-25-35-36-26-22-18-14-10-6-2-4-8-12-16-20-24-28(32,33)34/h1-26H2. The van der Waals surface area contributed by atoms with Crippen LogP contribution in [0.3, 0.4) is 0 Å². The van der Waals surface area contributed by atoms with Crippen LogP contribution < -0.4 is 0 Å². The largest absolute Gasteiger partial charge is 0.389 e. The van der Waals surface area contributed by atoms with E-state index in [1.54, 1.807) is 0 Å². The summed E-state index contributed by atoms with van der Waals surface area (Å²) in [6, 6.07) is 0. The molecule has 0 unspecified atom stereocenters. The number of halogens is 6. The third kappa shape index (κ3) is 34.3. The molecule has 0 saturated carbocycles. The molecule has 0 aromatic carbocycles. The van der Waals surface area contributed by atoms with E-state index in [2.05, 4.69) is 0 Å². The van der Waals surface area contributed by atoms with Crippen LogP contribution in [-0.4, -0.2) is 23.9 Å². The lowest BCUT2D eigenvalue weighted by Crippen LogP contribution is -2.06. The molecule has 0 bridgehead atoms. The minimum Gasteiger partial charge on any atom is -0.171 e. The molecule has 0 N–H and O–H groups in total. The van der Waals surface area contributed by atoms with Crippen molar-refractivity contribution in [2.75, 3.05) is 11.5 Å². The molecule has 0 saturated heterocycles. The SMILES string of the molecule is FC(F)(F)CCCCCCCCCCCCCSSCCCCCCCCCCCCCC(F)(F)F. The summed E-state index contributed by atoms with van der Waals surface area (Å²) < 4.78 is 72.3. The quantitative estimate of drug-likeness (QED) is 0.0551. The Morgan fingerprint density at radius 1 is 0.278 bits per heavy atom. The van der Waals surface area contributed by atoms with Gasteiger partial charge in [0.15, 0.2) is 0 Å². The van der Waals surface area contributed by atoms with Gasteiger partial charge in [-0.25, -0.2) is 0 Å². The predicted octanol–water partition coefficient (Wildman–Crippen LogP) is 12.9. The molecule has 36 heavy (non-hydrogen) atoms. The van der Waals surface area contributed by atoms with Crippen LogP contribution >= 0.6 is 21.6 Å². The maximum Gasteiger partial charge on any atom is 0.389 e. The van der Waals surface area contributed by atoms with Gasteiger partial charge >= 0.3 is 12.4 Å². The molecule has 0 fully saturated rings. The van der Waals surface area contributed by atoms with Crippen LogP contribution in [0.15, 0.2) is 0 Å². The maximum atomic E-state index is 12.0. The van der Waals surface area contributed by atoms with Crippen LogP contribution in [-0.2, 0) is 0 Å². The van der Waals surface area contributed by atoms with E-state index in [1.807, 2.05) is 21.6 Å². The van der Waals surface area contributed by atoms with E-state index in [9.17, 15) is 26.3 Å². The van der Waals surface area contributed by atoms with Gasteiger partial charge in [-0.05, 0) is 25.7 Å². The molecule has 0 heterocycles. The summed E-state index contributed by atoms with van der Waals surface area (Å²) in [5.41, 5.74) is 0. The number of unbranched alkanes of at least 4 members (excludes halogenated alkanes) is 20. The molecule has 0 aromatic heterocycles. The fourth-order valence-electron chi connectivity index (χ4n) is 4.27. The lowest BCUT2D eigenvalue weighted by atomic mass is 10.1. The van der Waals surface area contributed by atoms with Gasteiger partial charge < -0.3 is 0 Å². The zero-order chi connectivity index (χ0) is 26.8. The Labute approximate surface area is 225 Å². The van der Waals surface area contributed by atoms with Crippen molar-refractivity contribution in [1.82, 2.24) is 0 Å². The van der Waals surface area contributed by atoms with E-state index in [0.717, 1.165) is 38.5 Å².